The largest absolute Gasteiger partial charge is 0.506 e. The first kappa shape index (κ1) is 13.2. The van der Waals surface area contributed by atoms with Crippen molar-refractivity contribution in [3.63, 3.8) is 0 Å². The first-order chi connectivity index (χ1) is 8.69. The van der Waals surface area contributed by atoms with Gasteiger partial charge in [-0.1, -0.05) is 13.0 Å². The van der Waals surface area contributed by atoms with Crippen molar-refractivity contribution in [2.24, 2.45) is 0 Å². The fraction of sp³-hybridized carbons (Fsp3) is 0.571. The van der Waals surface area contributed by atoms with Crippen molar-refractivity contribution in [1.82, 2.24) is 4.90 Å². The summed E-state index contributed by atoms with van der Waals surface area (Å²) in [5, 5.41) is 9.41. The summed E-state index contributed by atoms with van der Waals surface area (Å²) >= 11 is 0. The second-order valence-corrected chi connectivity index (χ2v) is 4.86. The summed E-state index contributed by atoms with van der Waals surface area (Å²) in [5.74, 6) is 0.154. The van der Waals surface area contributed by atoms with Crippen LogP contribution in [-0.2, 0) is 11.3 Å². The van der Waals surface area contributed by atoms with E-state index in [0.29, 0.717) is 11.8 Å². The Morgan fingerprint density at radius 2 is 2.33 bits per heavy atom. The highest BCUT2D eigenvalue weighted by Crippen LogP contribution is 2.22. The van der Waals surface area contributed by atoms with Gasteiger partial charge >= 0.3 is 0 Å². The lowest BCUT2D eigenvalue weighted by Gasteiger charge is -2.23. The highest BCUT2D eigenvalue weighted by molar-refractivity contribution is 5.53. The van der Waals surface area contributed by atoms with Crippen LogP contribution in [0.25, 0.3) is 0 Å². The quantitative estimate of drug-likeness (QED) is 0.619. The van der Waals surface area contributed by atoms with Crippen molar-refractivity contribution in [3.05, 3.63) is 23.8 Å². The minimum atomic E-state index is 0.154. The molecule has 0 aliphatic carbocycles. The number of hydrogen-bond donors (Lipinski definition) is 2. The van der Waals surface area contributed by atoms with E-state index in [1.165, 1.54) is 6.42 Å². The second-order valence-electron chi connectivity index (χ2n) is 4.86. The number of hydrogen-bond acceptors (Lipinski definition) is 4. The van der Waals surface area contributed by atoms with Crippen LogP contribution in [0.4, 0.5) is 5.69 Å². The monoisotopic (exact) mass is 250 g/mol. The lowest BCUT2D eigenvalue weighted by Crippen LogP contribution is -2.31. The van der Waals surface area contributed by atoms with Crippen LogP contribution in [0.3, 0.4) is 0 Å². The Hall–Kier alpha value is -1.26. The number of nitrogens with two attached hydrogens (primary N) is 1. The molecule has 1 aliphatic rings. The first-order valence-corrected chi connectivity index (χ1v) is 6.60. The number of phenols is 1. The van der Waals surface area contributed by atoms with Crippen LogP contribution >= 0.6 is 0 Å². The second kappa shape index (κ2) is 6.07. The Balaban J connectivity index is 1.94. The van der Waals surface area contributed by atoms with Gasteiger partial charge < -0.3 is 15.6 Å². The fourth-order valence-corrected chi connectivity index (χ4v) is 2.34. The lowest BCUT2D eigenvalue weighted by atomic mass is 10.1. The predicted molar refractivity (Wildman–Crippen MR) is 72.4 cm³/mol. The van der Waals surface area contributed by atoms with Gasteiger partial charge in [0, 0.05) is 19.7 Å². The number of aromatic hydroxyl groups is 1. The number of ether oxygens (including phenoxy) is 1. The maximum Gasteiger partial charge on any atom is 0.138 e. The Morgan fingerprint density at radius 3 is 2.94 bits per heavy atom. The van der Waals surface area contributed by atoms with Gasteiger partial charge in [-0.3, -0.25) is 4.90 Å². The van der Waals surface area contributed by atoms with Gasteiger partial charge in [0.2, 0.25) is 0 Å². The van der Waals surface area contributed by atoms with Crippen LogP contribution in [0.15, 0.2) is 18.2 Å². The summed E-state index contributed by atoms with van der Waals surface area (Å²) in [5.41, 5.74) is 7.28. The average molecular weight is 250 g/mol. The SMILES string of the molecule is CCN(Cc1ccc(O)c(N)c1)CC1CCCO1. The minimum absolute atomic E-state index is 0.154. The molecule has 4 nitrogen and oxygen atoms in total. The van der Waals surface area contributed by atoms with E-state index in [0.717, 1.165) is 38.2 Å². The van der Waals surface area contributed by atoms with Crippen LogP contribution in [0, 0.1) is 0 Å². The predicted octanol–water partition coefficient (Wildman–Crippen LogP) is 1.98. The molecular formula is C14H22N2O2. The molecule has 1 fully saturated rings. The zero-order valence-electron chi connectivity index (χ0n) is 10.9. The number of nitrogens with zero attached hydrogens (tertiary/aromatic N) is 1. The van der Waals surface area contributed by atoms with Crippen LogP contribution in [0.2, 0.25) is 0 Å². The lowest BCUT2D eigenvalue weighted by molar-refractivity contribution is 0.0725. The summed E-state index contributed by atoms with van der Waals surface area (Å²) in [6.07, 6.45) is 2.71. The maximum atomic E-state index is 9.41. The van der Waals surface area contributed by atoms with Crippen LogP contribution in [0.5, 0.6) is 5.75 Å². The number of benzene rings is 1. The van der Waals surface area contributed by atoms with Crippen molar-refractivity contribution in [2.75, 3.05) is 25.4 Å². The van der Waals surface area contributed by atoms with E-state index in [1.807, 2.05) is 12.1 Å². The maximum absolute atomic E-state index is 9.41. The highest BCUT2D eigenvalue weighted by atomic mass is 16.5. The number of anilines is 1. The normalized spacial score (nSPS) is 19.6. The minimum Gasteiger partial charge on any atom is -0.506 e. The molecule has 0 bridgehead atoms. The van der Waals surface area contributed by atoms with Crippen molar-refractivity contribution in [2.45, 2.75) is 32.4 Å². The summed E-state index contributed by atoms with van der Waals surface area (Å²) in [6, 6.07) is 5.42. The van der Waals surface area contributed by atoms with E-state index >= 15 is 0 Å². The number of rotatable bonds is 5. The molecule has 1 heterocycles. The molecule has 18 heavy (non-hydrogen) atoms. The van der Waals surface area contributed by atoms with Gasteiger partial charge in [0.15, 0.2) is 0 Å². The molecule has 1 saturated heterocycles. The van der Waals surface area contributed by atoms with Crippen LogP contribution in [0.1, 0.15) is 25.3 Å². The first-order valence-electron chi connectivity index (χ1n) is 6.60. The third-order valence-electron chi connectivity index (χ3n) is 3.43. The van der Waals surface area contributed by atoms with Crippen LogP contribution in [-0.4, -0.2) is 35.8 Å². The summed E-state index contributed by atoms with van der Waals surface area (Å²) in [4.78, 5) is 2.35. The molecule has 2 rings (SSSR count). The molecule has 0 saturated carbocycles. The van der Waals surface area contributed by atoms with Gasteiger partial charge in [0.1, 0.15) is 5.75 Å². The van der Waals surface area contributed by atoms with E-state index < -0.39 is 0 Å². The topological polar surface area (TPSA) is 58.7 Å². The van der Waals surface area contributed by atoms with Crippen LogP contribution < -0.4 is 5.73 Å². The Morgan fingerprint density at radius 1 is 1.50 bits per heavy atom. The Labute approximate surface area is 108 Å². The zero-order chi connectivity index (χ0) is 13.0. The van der Waals surface area contributed by atoms with E-state index in [9.17, 15) is 5.11 Å². The molecule has 1 atom stereocenters. The highest BCUT2D eigenvalue weighted by Gasteiger charge is 2.18. The smallest absolute Gasteiger partial charge is 0.138 e. The molecule has 100 valence electrons. The van der Waals surface area contributed by atoms with Crippen molar-refractivity contribution < 1.29 is 9.84 Å². The van der Waals surface area contributed by atoms with Gasteiger partial charge in [-0.15, -0.1) is 0 Å². The summed E-state index contributed by atoms with van der Waals surface area (Å²) in [6.45, 7) is 5.85. The molecular weight excluding hydrogens is 228 g/mol. The molecule has 0 aromatic heterocycles. The molecule has 1 aromatic carbocycles. The molecule has 1 aromatic rings. The van der Waals surface area contributed by atoms with E-state index in [1.54, 1.807) is 6.07 Å². The van der Waals surface area contributed by atoms with Gasteiger partial charge in [-0.05, 0) is 37.1 Å². The molecule has 4 heteroatoms. The molecule has 3 N–H and O–H groups in total. The van der Waals surface area contributed by atoms with E-state index in [4.69, 9.17) is 10.5 Å². The Kier molecular flexibility index (Phi) is 4.44. The number of likely N-dealkylation sites (N-methyl/N-ethyl adjacent to an activating group) is 1. The van der Waals surface area contributed by atoms with Gasteiger partial charge in [0.05, 0.1) is 11.8 Å². The standard InChI is InChI=1S/C14H22N2O2/c1-2-16(10-12-4-3-7-18-12)9-11-5-6-14(17)13(15)8-11/h5-6,8,12,17H,2-4,7,9-10,15H2,1H3. The zero-order valence-corrected chi connectivity index (χ0v) is 10.9. The van der Waals surface area contributed by atoms with Gasteiger partial charge in [-0.2, -0.15) is 0 Å². The summed E-state index contributed by atoms with van der Waals surface area (Å²) in [7, 11) is 0. The van der Waals surface area contributed by atoms with E-state index in [-0.39, 0.29) is 5.75 Å². The van der Waals surface area contributed by atoms with Crippen molar-refractivity contribution in [1.29, 1.82) is 0 Å². The molecule has 0 amide bonds. The van der Waals surface area contributed by atoms with Crippen molar-refractivity contribution in [3.8, 4) is 5.75 Å². The fourth-order valence-electron chi connectivity index (χ4n) is 2.34. The van der Waals surface area contributed by atoms with Gasteiger partial charge in [-0.25, -0.2) is 0 Å². The Bertz CT molecular complexity index is 389. The molecule has 1 unspecified atom stereocenters. The third kappa shape index (κ3) is 3.37. The molecule has 0 radical (unpaired) electrons. The van der Waals surface area contributed by atoms with Gasteiger partial charge in [0.25, 0.3) is 0 Å². The van der Waals surface area contributed by atoms with E-state index in [2.05, 4.69) is 11.8 Å². The average Bonchev–Trinajstić information content (AvgIpc) is 2.86. The number of nitrogen functional groups attached to an aromatic ring is 1. The van der Waals surface area contributed by atoms with Crippen molar-refractivity contribution >= 4 is 5.69 Å². The molecule has 1 aliphatic heterocycles. The number of phenolic OH excluding ortho intramolecular Hbond substituents is 1. The third-order valence-corrected chi connectivity index (χ3v) is 3.43. The molecule has 0 spiro atoms. The summed E-state index contributed by atoms with van der Waals surface area (Å²) < 4.78 is 5.66.